The lowest BCUT2D eigenvalue weighted by Crippen LogP contribution is -2.33. The number of carbonyl (C=O) groups excluding carboxylic acids is 1. The van der Waals surface area contributed by atoms with E-state index in [-0.39, 0.29) is 23.4 Å². The number of rotatable bonds is 6. The van der Waals surface area contributed by atoms with Crippen molar-refractivity contribution in [3.05, 3.63) is 70.2 Å². The van der Waals surface area contributed by atoms with Crippen LogP contribution in [-0.4, -0.2) is 23.5 Å². The van der Waals surface area contributed by atoms with Crippen molar-refractivity contribution in [1.82, 2.24) is 5.32 Å². The van der Waals surface area contributed by atoms with E-state index in [2.05, 4.69) is 5.32 Å². The average molecular weight is 380 g/mol. The number of aliphatic carboxylic acids is 1. The van der Waals surface area contributed by atoms with E-state index in [4.69, 9.17) is 11.6 Å². The molecule has 0 radical (unpaired) electrons. The maximum atomic E-state index is 13.9. The fourth-order valence-corrected chi connectivity index (χ4v) is 3.35. The van der Waals surface area contributed by atoms with Crippen molar-refractivity contribution >= 4 is 23.5 Å². The van der Waals surface area contributed by atoms with Crippen molar-refractivity contribution in [3.63, 3.8) is 0 Å². The normalized spacial score (nSPS) is 19.7. The predicted molar refractivity (Wildman–Crippen MR) is 92.0 cm³/mol. The smallest absolute Gasteiger partial charge is 0.312 e. The van der Waals surface area contributed by atoms with Crippen LogP contribution in [-0.2, 0) is 9.59 Å². The van der Waals surface area contributed by atoms with E-state index < -0.39 is 29.4 Å². The Morgan fingerprint density at radius 1 is 1.19 bits per heavy atom. The zero-order valence-electron chi connectivity index (χ0n) is 13.6. The fourth-order valence-electron chi connectivity index (χ4n) is 3.05. The highest BCUT2D eigenvalue weighted by Gasteiger charge is 2.46. The molecule has 0 bridgehead atoms. The van der Waals surface area contributed by atoms with Gasteiger partial charge in [-0.25, -0.2) is 8.78 Å². The summed E-state index contributed by atoms with van der Waals surface area (Å²) >= 11 is 6.02. The summed E-state index contributed by atoms with van der Waals surface area (Å²) in [5, 5.41) is 12.2. The molecule has 0 saturated heterocycles. The number of hydrogen-bond donors (Lipinski definition) is 2. The molecule has 0 heterocycles. The molecule has 1 aliphatic carbocycles. The zero-order chi connectivity index (χ0) is 18.8. The number of carboxylic acid groups (broad SMARTS) is 1. The molecule has 3 atom stereocenters. The molecule has 1 fully saturated rings. The molecule has 0 aliphatic heterocycles. The molecule has 0 aromatic heterocycles. The van der Waals surface area contributed by atoms with Gasteiger partial charge in [0.2, 0.25) is 5.91 Å². The van der Waals surface area contributed by atoms with Crippen LogP contribution in [0.4, 0.5) is 8.78 Å². The third kappa shape index (κ3) is 3.85. The van der Waals surface area contributed by atoms with E-state index in [0.29, 0.717) is 17.5 Å². The first-order chi connectivity index (χ1) is 12.4. The van der Waals surface area contributed by atoms with Gasteiger partial charge in [-0.05, 0) is 36.2 Å². The van der Waals surface area contributed by atoms with Crippen molar-refractivity contribution in [2.24, 2.45) is 5.92 Å². The zero-order valence-corrected chi connectivity index (χ0v) is 14.3. The first-order valence-electron chi connectivity index (χ1n) is 8.08. The van der Waals surface area contributed by atoms with Gasteiger partial charge in [0.25, 0.3) is 0 Å². The first-order valence-corrected chi connectivity index (χ1v) is 8.46. The van der Waals surface area contributed by atoms with E-state index in [9.17, 15) is 23.5 Å². The number of carbonyl (C=O) groups is 2. The summed E-state index contributed by atoms with van der Waals surface area (Å²) < 4.78 is 26.9. The molecular weight excluding hydrogens is 364 g/mol. The molecular formula is C19H16ClF2NO3. The van der Waals surface area contributed by atoms with E-state index >= 15 is 0 Å². The maximum absolute atomic E-state index is 13.9. The Kier molecular flexibility index (Phi) is 5.23. The third-order valence-electron chi connectivity index (χ3n) is 4.55. The van der Waals surface area contributed by atoms with E-state index in [0.717, 1.165) is 0 Å². The van der Waals surface area contributed by atoms with Gasteiger partial charge in [0, 0.05) is 29.0 Å². The van der Waals surface area contributed by atoms with Crippen molar-refractivity contribution in [3.8, 4) is 0 Å². The van der Waals surface area contributed by atoms with Crippen molar-refractivity contribution < 1.29 is 23.5 Å². The highest BCUT2D eigenvalue weighted by molar-refractivity contribution is 6.31. The SMILES string of the molecule is O=C(O)C(CNC(=O)C1CC1c1c(F)cccc1Cl)c1ccc(F)cc1. The molecule has 7 heteroatoms. The number of nitrogens with one attached hydrogen (secondary N) is 1. The Morgan fingerprint density at radius 3 is 2.50 bits per heavy atom. The third-order valence-corrected chi connectivity index (χ3v) is 4.88. The van der Waals surface area contributed by atoms with Crippen LogP contribution in [0.1, 0.15) is 29.4 Å². The van der Waals surface area contributed by atoms with Gasteiger partial charge in [0.15, 0.2) is 0 Å². The molecule has 2 aromatic rings. The molecule has 3 unspecified atom stereocenters. The van der Waals surface area contributed by atoms with Crippen LogP contribution >= 0.6 is 11.6 Å². The van der Waals surface area contributed by atoms with Gasteiger partial charge in [-0.15, -0.1) is 0 Å². The molecule has 0 spiro atoms. The van der Waals surface area contributed by atoms with Gasteiger partial charge < -0.3 is 10.4 Å². The minimum absolute atomic E-state index is 0.131. The van der Waals surface area contributed by atoms with Gasteiger partial charge in [0.05, 0.1) is 5.92 Å². The minimum Gasteiger partial charge on any atom is -0.481 e. The number of amides is 1. The van der Waals surface area contributed by atoms with Crippen molar-refractivity contribution in [2.45, 2.75) is 18.3 Å². The molecule has 136 valence electrons. The summed E-state index contributed by atoms with van der Waals surface area (Å²) in [6.07, 6.45) is 0.459. The summed E-state index contributed by atoms with van der Waals surface area (Å²) in [5.74, 6) is -4.13. The standard InChI is InChI=1S/C19H16ClF2NO3/c20-15-2-1-3-16(22)17(15)12-8-13(12)18(24)23-9-14(19(25)26)10-4-6-11(21)7-5-10/h1-7,12-14H,8-9H2,(H,23,24)(H,25,26). The van der Waals surface area contributed by atoms with E-state index in [1.165, 1.54) is 36.4 Å². The lowest BCUT2D eigenvalue weighted by molar-refractivity contribution is -0.138. The molecule has 1 saturated carbocycles. The Labute approximate surface area is 153 Å². The molecule has 1 amide bonds. The minimum atomic E-state index is -1.12. The molecule has 2 N–H and O–H groups in total. The van der Waals surface area contributed by atoms with Crippen LogP contribution in [0.5, 0.6) is 0 Å². The number of hydrogen-bond acceptors (Lipinski definition) is 2. The summed E-state index contributed by atoms with van der Waals surface area (Å²) in [6.45, 7) is -0.131. The summed E-state index contributed by atoms with van der Waals surface area (Å²) in [7, 11) is 0. The molecule has 3 rings (SSSR count). The highest BCUT2D eigenvalue weighted by Crippen LogP contribution is 2.50. The van der Waals surface area contributed by atoms with Crippen LogP contribution < -0.4 is 5.32 Å². The number of halogens is 3. The second kappa shape index (κ2) is 7.41. The maximum Gasteiger partial charge on any atom is 0.312 e. The fraction of sp³-hybridized carbons (Fsp3) is 0.263. The lowest BCUT2D eigenvalue weighted by Gasteiger charge is -2.14. The Hall–Kier alpha value is -2.47. The van der Waals surface area contributed by atoms with Crippen LogP contribution in [0, 0.1) is 17.6 Å². The van der Waals surface area contributed by atoms with Gasteiger partial charge in [-0.2, -0.15) is 0 Å². The number of carboxylic acids is 1. The highest BCUT2D eigenvalue weighted by atomic mass is 35.5. The second-order valence-electron chi connectivity index (χ2n) is 6.27. The first kappa shape index (κ1) is 18.3. The van der Waals surface area contributed by atoms with Crippen molar-refractivity contribution in [2.75, 3.05) is 6.54 Å². The molecule has 2 aromatic carbocycles. The average Bonchev–Trinajstić information content (AvgIpc) is 3.36. The van der Waals surface area contributed by atoms with E-state index in [1.54, 1.807) is 6.07 Å². The van der Waals surface area contributed by atoms with Crippen LogP contribution in [0.25, 0.3) is 0 Å². The monoisotopic (exact) mass is 379 g/mol. The van der Waals surface area contributed by atoms with Crippen LogP contribution in [0.2, 0.25) is 5.02 Å². The number of benzene rings is 2. The molecule has 4 nitrogen and oxygen atoms in total. The quantitative estimate of drug-likeness (QED) is 0.804. The summed E-state index contributed by atoms with van der Waals surface area (Å²) in [5.41, 5.74) is 0.714. The summed E-state index contributed by atoms with van der Waals surface area (Å²) in [4.78, 5) is 23.7. The van der Waals surface area contributed by atoms with Gasteiger partial charge in [-0.3, -0.25) is 9.59 Å². The topological polar surface area (TPSA) is 66.4 Å². The second-order valence-corrected chi connectivity index (χ2v) is 6.68. The lowest BCUT2D eigenvalue weighted by atomic mass is 9.99. The predicted octanol–water partition coefficient (Wildman–Crippen LogP) is 3.71. The Morgan fingerprint density at radius 2 is 1.88 bits per heavy atom. The van der Waals surface area contributed by atoms with Gasteiger partial charge in [0.1, 0.15) is 11.6 Å². The van der Waals surface area contributed by atoms with Crippen LogP contribution in [0.15, 0.2) is 42.5 Å². The van der Waals surface area contributed by atoms with Crippen LogP contribution in [0.3, 0.4) is 0 Å². The summed E-state index contributed by atoms with van der Waals surface area (Å²) in [6, 6.07) is 9.46. The molecule has 26 heavy (non-hydrogen) atoms. The van der Waals surface area contributed by atoms with Gasteiger partial charge in [-0.1, -0.05) is 29.8 Å². The largest absolute Gasteiger partial charge is 0.481 e. The molecule has 1 aliphatic rings. The van der Waals surface area contributed by atoms with Gasteiger partial charge >= 0.3 is 5.97 Å². The van der Waals surface area contributed by atoms with Crippen molar-refractivity contribution in [1.29, 1.82) is 0 Å². The van der Waals surface area contributed by atoms with E-state index in [1.807, 2.05) is 0 Å². The Bertz CT molecular complexity index is 821. The Balaban J connectivity index is 1.63.